The first-order valence-corrected chi connectivity index (χ1v) is 10.5. The summed E-state index contributed by atoms with van der Waals surface area (Å²) in [5, 5.41) is 4.18. The van der Waals surface area contributed by atoms with Gasteiger partial charge in [0.15, 0.2) is 0 Å². The van der Waals surface area contributed by atoms with Gasteiger partial charge in [-0.15, -0.1) is 11.3 Å². The van der Waals surface area contributed by atoms with Crippen LogP contribution >= 0.6 is 11.3 Å². The Morgan fingerprint density at radius 1 is 1.30 bits per heavy atom. The molecule has 0 bridgehead atoms. The van der Waals surface area contributed by atoms with Crippen LogP contribution in [-0.2, 0) is 4.79 Å². The summed E-state index contributed by atoms with van der Waals surface area (Å²) in [6, 6.07) is 4.01. The molecule has 1 saturated heterocycles. The molecule has 1 aliphatic rings. The molecule has 142 valence electrons. The number of carbonyl (C=O) groups excluding carboxylic acids is 1. The number of hydrogen-bond acceptors (Lipinski definition) is 6. The SMILES string of the molecule is CC(C)CCNC(=O)C1CCN(c2ncnc3c2sc2ncccc23)CC1. The maximum atomic E-state index is 12.4. The number of nitrogens with zero attached hydrogens (tertiary/aromatic N) is 4. The van der Waals surface area contributed by atoms with Crippen LogP contribution in [0.2, 0.25) is 0 Å². The average Bonchev–Trinajstić information content (AvgIpc) is 3.06. The number of rotatable bonds is 5. The third kappa shape index (κ3) is 3.74. The zero-order chi connectivity index (χ0) is 18.8. The van der Waals surface area contributed by atoms with Crippen LogP contribution in [0, 0.1) is 11.8 Å². The van der Waals surface area contributed by atoms with E-state index in [4.69, 9.17) is 0 Å². The van der Waals surface area contributed by atoms with Gasteiger partial charge in [-0.3, -0.25) is 4.79 Å². The molecule has 1 aliphatic heterocycles. The molecule has 0 saturated carbocycles. The van der Waals surface area contributed by atoms with Gasteiger partial charge in [-0.1, -0.05) is 13.8 Å². The minimum absolute atomic E-state index is 0.106. The molecule has 4 heterocycles. The van der Waals surface area contributed by atoms with Crippen molar-refractivity contribution in [2.75, 3.05) is 24.5 Å². The Labute approximate surface area is 163 Å². The second kappa shape index (κ2) is 7.76. The molecule has 0 spiro atoms. The molecule has 3 aromatic heterocycles. The number of hydrogen-bond donors (Lipinski definition) is 1. The largest absolute Gasteiger partial charge is 0.356 e. The van der Waals surface area contributed by atoms with Crippen LogP contribution in [0.4, 0.5) is 5.82 Å². The number of carbonyl (C=O) groups is 1. The van der Waals surface area contributed by atoms with Crippen molar-refractivity contribution in [2.45, 2.75) is 33.1 Å². The highest BCUT2D eigenvalue weighted by molar-refractivity contribution is 7.25. The quantitative estimate of drug-likeness (QED) is 0.729. The fourth-order valence-electron chi connectivity index (χ4n) is 3.61. The second-order valence-corrected chi connectivity index (χ2v) is 8.57. The Bertz CT molecular complexity index is 946. The summed E-state index contributed by atoms with van der Waals surface area (Å²) in [5.41, 5.74) is 0.974. The first kappa shape index (κ1) is 18.1. The summed E-state index contributed by atoms with van der Waals surface area (Å²) < 4.78 is 1.09. The molecular formula is C20H25N5OS. The molecule has 0 aromatic carbocycles. The predicted octanol–water partition coefficient (Wildman–Crippen LogP) is 3.62. The van der Waals surface area contributed by atoms with E-state index in [-0.39, 0.29) is 11.8 Å². The normalized spacial score (nSPS) is 15.7. The van der Waals surface area contributed by atoms with Crippen LogP contribution < -0.4 is 10.2 Å². The van der Waals surface area contributed by atoms with Crippen molar-refractivity contribution in [3.63, 3.8) is 0 Å². The van der Waals surface area contributed by atoms with Gasteiger partial charge in [-0.2, -0.15) is 0 Å². The van der Waals surface area contributed by atoms with Gasteiger partial charge in [-0.25, -0.2) is 15.0 Å². The number of anilines is 1. The van der Waals surface area contributed by atoms with Crippen molar-refractivity contribution >= 4 is 43.5 Å². The summed E-state index contributed by atoms with van der Waals surface area (Å²) in [5.74, 6) is 1.90. The van der Waals surface area contributed by atoms with Gasteiger partial charge in [-0.05, 0) is 37.3 Å². The molecule has 6 nitrogen and oxygen atoms in total. The number of nitrogens with one attached hydrogen (secondary N) is 1. The van der Waals surface area contributed by atoms with Crippen LogP contribution in [0.25, 0.3) is 20.4 Å². The number of thiophene rings is 1. The first-order valence-electron chi connectivity index (χ1n) is 9.64. The lowest BCUT2D eigenvalue weighted by atomic mass is 9.95. The van der Waals surface area contributed by atoms with Crippen molar-refractivity contribution < 1.29 is 4.79 Å². The highest BCUT2D eigenvalue weighted by Crippen LogP contribution is 2.37. The van der Waals surface area contributed by atoms with Crippen LogP contribution in [0.15, 0.2) is 24.7 Å². The first-order chi connectivity index (χ1) is 13.1. The molecule has 0 aliphatic carbocycles. The van der Waals surface area contributed by atoms with Crippen molar-refractivity contribution in [3.8, 4) is 0 Å². The van der Waals surface area contributed by atoms with E-state index in [0.29, 0.717) is 5.92 Å². The Morgan fingerprint density at radius 3 is 2.89 bits per heavy atom. The molecule has 3 aromatic rings. The smallest absolute Gasteiger partial charge is 0.223 e. The molecule has 0 atom stereocenters. The third-order valence-electron chi connectivity index (χ3n) is 5.20. The fraction of sp³-hybridized carbons (Fsp3) is 0.500. The zero-order valence-corrected chi connectivity index (χ0v) is 16.6. The predicted molar refractivity (Wildman–Crippen MR) is 110 cm³/mol. The summed E-state index contributed by atoms with van der Waals surface area (Å²) in [7, 11) is 0. The van der Waals surface area contributed by atoms with Crippen molar-refractivity contribution in [1.29, 1.82) is 0 Å². The van der Waals surface area contributed by atoms with Crippen molar-refractivity contribution in [1.82, 2.24) is 20.3 Å². The van der Waals surface area contributed by atoms with E-state index in [1.807, 2.05) is 12.3 Å². The highest BCUT2D eigenvalue weighted by Gasteiger charge is 2.27. The number of amides is 1. The second-order valence-electron chi connectivity index (χ2n) is 7.57. The molecule has 7 heteroatoms. The van der Waals surface area contributed by atoms with E-state index in [2.05, 4.69) is 45.1 Å². The summed E-state index contributed by atoms with van der Waals surface area (Å²) >= 11 is 1.65. The van der Waals surface area contributed by atoms with E-state index >= 15 is 0 Å². The monoisotopic (exact) mass is 383 g/mol. The number of aromatic nitrogens is 3. The standard InChI is InChI=1S/C20H25N5OS/c1-13(2)5-9-21-19(26)14-6-10-25(11-7-14)18-17-16(23-12-24-18)15-4-3-8-22-20(15)27-17/h3-4,8,12-14H,5-7,9-11H2,1-2H3,(H,21,26). The van der Waals surface area contributed by atoms with E-state index in [0.717, 1.165) is 65.1 Å². The van der Waals surface area contributed by atoms with Gasteiger partial charge in [0.25, 0.3) is 0 Å². The number of fused-ring (bicyclic) bond motifs is 3. The molecule has 1 amide bonds. The maximum absolute atomic E-state index is 12.4. The van der Waals surface area contributed by atoms with Crippen molar-refractivity contribution in [3.05, 3.63) is 24.7 Å². The lowest BCUT2D eigenvalue weighted by molar-refractivity contribution is -0.125. The van der Waals surface area contributed by atoms with Gasteiger partial charge in [0.1, 0.15) is 17.0 Å². The van der Waals surface area contributed by atoms with Gasteiger partial charge < -0.3 is 10.2 Å². The summed E-state index contributed by atoms with van der Waals surface area (Å²) in [6.07, 6.45) is 6.21. The van der Waals surface area contributed by atoms with Gasteiger partial charge in [0, 0.05) is 37.1 Å². The van der Waals surface area contributed by atoms with Crippen LogP contribution in [0.5, 0.6) is 0 Å². The van der Waals surface area contributed by atoms with E-state index in [1.54, 1.807) is 17.7 Å². The molecule has 0 radical (unpaired) electrons. The summed E-state index contributed by atoms with van der Waals surface area (Å²) in [4.78, 5) is 29.2. The Kier molecular flexibility index (Phi) is 5.20. The minimum atomic E-state index is 0.106. The maximum Gasteiger partial charge on any atom is 0.223 e. The van der Waals surface area contributed by atoms with Crippen molar-refractivity contribution in [2.24, 2.45) is 11.8 Å². The van der Waals surface area contributed by atoms with Crippen LogP contribution in [0.3, 0.4) is 0 Å². The third-order valence-corrected chi connectivity index (χ3v) is 6.29. The number of piperidine rings is 1. The molecule has 1 fully saturated rings. The zero-order valence-electron chi connectivity index (χ0n) is 15.8. The van der Waals surface area contributed by atoms with Gasteiger partial charge in [0.05, 0.1) is 10.2 Å². The van der Waals surface area contributed by atoms with E-state index in [1.165, 1.54) is 0 Å². The molecule has 4 rings (SSSR count). The molecule has 0 unspecified atom stereocenters. The molecule has 27 heavy (non-hydrogen) atoms. The fourth-order valence-corrected chi connectivity index (χ4v) is 4.72. The topological polar surface area (TPSA) is 71.0 Å². The van der Waals surface area contributed by atoms with Crippen LogP contribution in [-0.4, -0.2) is 40.5 Å². The van der Waals surface area contributed by atoms with E-state index < -0.39 is 0 Å². The lowest BCUT2D eigenvalue weighted by Crippen LogP contribution is -2.41. The molecular weight excluding hydrogens is 358 g/mol. The number of pyridine rings is 1. The minimum Gasteiger partial charge on any atom is -0.356 e. The Morgan fingerprint density at radius 2 is 2.11 bits per heavy atom. The van der Waals surface area contributed by atoms with Gasteiger partial charge in [0.2, 0.25) is 5.91 Å². The highest BCUT2D eigenvalue weighted by atomic mass is 32.1. The summed E-state index contributed by atoms with van der Waals surface area (Å²) in [6.45, 7) is 6.82. The Balaban J connectivity index is 1.46. The van der Waals surface area contributed by atoms with Crippen LogP contribution in [0.1, 0.15) is 33.1 Å². The van der Waals surface area contributed by atoms with E-state index in [9.17, 15) is 4.79 Å². The molecule has 1 N–H and O–H groups in total. The van der Waals surface area contributed by atoms with Gasteiger partial charge >= 0.3 is 0 Å². The Hall–Kier alpha value is -2.28. The average molecular weight is 384 g/mol. The lowest BCUT2D eigenvalue weighted by Gasteiger charge is -2.32.